The van der Waals surface area contributed by atoms with Crippen molar-refractivity contribution in [3.05, 3.63) is 29.6 Å². The van der Waals surface area contributed by atoms with Gasteiger partial charge in [-0.1, -0.05) is 6.07 Å². The predicted molar refractivity (Wildman–Crippen MR) is 77.3 cm³/mol. The van der Waals surface area contributed by atoms with Crippen LogP contribution in [0, 0.1) is 5.82 Å². The number of nitrogens with two attached hydrogens (primary N) is 1. The molecule has 1 aromatic rings. The molecular weight excluding hydrogens is 281 g/mol. The summed E-state index contributed by atoms with van der Waals surface area (Å²) < 4.78 is 40.3. The van der Waals surface area contributed by atoms with Crippen LogP contribution in [0.2, 0.25) is 0 Å². The summed E-state index contributed by atoms with van der Waals surface area (Å²) >= 11 is 0. The first kappa shape index (κ1) is 17.0. The number of hydrogen-bond donors (Lipinski definition) is 2. The maximum atomic E-state index is 13.5. The molecule has 0 aliphatic rings. The first-order valence-corrected chi connectivity index (χ1v) is 7.98. The van der Waals surface area contributed by atoms with Crippen LogP contribution in [-0.2, 0) is 16.6 Å². The van der Waals surface area contributed by atoms with Crippen molar-refractivity contribution in [2.24, 2.45) is 5.73 Å². The summed E-state index contributed by atoms with van der Waals surface area (Å²) in [7, 11) is 0.216. The lowest BCUT2D eigenvalue weighted by molar-refractivity contribution is 0.394. The molecule has 114 valence electrons. The fraction of sp³-hybridized carbons (Fsp3) is 0.538. The molecule has 7 heteroatoms. The quantitative estimate of drug-likeness (QED) is 0.700. The number of benzene rings is 1. The number of sulfonamides is 1. The predicted octanol–water partition coefficient (Wildman–Crippen LogP) is 0.905. The van der Waals surface area contributed by atoms with Gasteiger partial charge in [-0.05, 0) is 45.6 Å². The molecule has 0 aromatic heterocycles. The van der Waals surface area contributed by atoms with E-state index in [-0.39, 0.29) is 17.0 Å². The van der Waals surface area contributed by atoms with Crippen LogP contribution in [0.1, 0.15) is 18.4 Å². The fourth-order valence-electron chi connectivity index (χ4n) is 1.83. The zero-order valence-corrected chi connectivity index (χ0v) is 12.7. The van der Waals surface area contributed by atoms with Gasteiger partial charge >= 0.3 is 0 Å². The van der Waals surface area contributed by atoms with E-state index in [9.17, 15) is 12.8 Å². The summed E-state index contributed by atoms with van der Waals surface area (Å²) in [5, 5.41) is 0. The van der Waals surface area contributed by atoms with Crippen LogP contribution in [0.15, 0.2) is 23.1 Å². The van der Waals surface area contributed by atoms with E-state index in [2.05, 4.69) is 4.72 Å². The Morgan fingerprint density at radius 2 is 2.00 bits per heavy atom. The van der Waals surface area contributed by atoms with E-state index in [0.29, 0.717) is 6.54 Å². The molecule has 0 bridgehead atoms. The first-order valence-electron chi connectivity index (χ1n) is 6.50. The third kappa shape index (κ3) is 4.82. The second kappa shape index (κ2) is 7.68. The molecule has 0 spiro atoms. The Bertz CT molecular complexity index is 532. The third-order valence-electron chi connectivity index (χ3n) is 2.89. The van der Waals surface area contributed by atoms with Gasteiger partial charge in [-0.2, -0.15) is 0 Å². The van der Waals surface area contributed by atoms with Gasteiger partial charge in [0, 0.05) is 18.7 Å². The van der Waals surface area contributed by atoms with Gasteiger partial charge < -0.3 is 10.6 Å². The Hall–Kier alpha value is -1.02. The fourth-order valence-corrected chi connectivity index (χ4v) is 3.16. The second-order valence-corrected chi connectivity index (χ2v) is 6.56. The number of nitrogens with one attached hydrogen (secondary N) is 1. The lowest BCUT2D eigenvalue weighted by Gasteiger charge is -2.12. The largest absolute Gasteiger partial charge is 0.326 e. The molecule has 0 atom stereocenters. The molecule has 0 saturated carbocycles. The van der Waals surface area contributed by atoms with Crippen LogP contribution in [0.5, 0.6) is 0 Å². The van der Waals surface area contributed by atoms with Gasteiger partial charge in [0.05, 0.1) is 4.90 Å². The smallest absolute Gasteiger partial charge is 0.240 e. The van der Waals surface area contributed by atoms with E-state index < -0.39 is 15.8 Å². The van der Waals surface area contributed by atoms with E-state index in [4.69, 9.17) is 5.73 Å². The van der Waals surface area contributed by atoms with E-state index in [0.717, 1.165) is 19.4 Å². The monoisotopic (exact) mass is 303 g/mol. The Morgan fingerprint density at radius 3 is 2.60 bits per heavy atom. The van der Waals surface area contributed by atoms with Gasteiger partial charge in [0.25, 0.3) is 0 Å². The first-order chi connectivity index (χ1) is 9.38. The molecule has 5 nitrogen and oxygen atoms in total. The summed E-state index contributed by atoms with van der Waals surface area (Å²) in [6.07, 6.45) is 1.62. The van der Waals surface area contributed by atoms with Gasteiger partial charge in [0.15, 0.2) is 0 Å². The SMILES string of the molecule is CN(C)CCCCNS(=O)(=O)c1cccc(F)c1CN. The molecule has 0 unspecified atom stereocenters. The standard InChI is InChI=1S/C13H22FN3O2S/c1-17(2)9-4-3-8-16-20(18,19)13-7-5-6-12(14)11(13)10-15/h5-7,16H,3-4,8-10,15H2,1-2H3. The topological polar surface area (TPSA) is 75.4 Å². The minimum Gasteiger partial charge on any atom is -0.326 e. The maximum Gasteiger partial charge on any atom is 0.240 e. The minimum atomic E-state index is -3.71. The second-order valence-electron chi connectivity index (χ2n) is 4.83. The van der Waals surface area contributed by atoms with Gasteiger partial charge in [0.2, 0.25) is 10.0 Å². The molecule has 0 heterocycles. The van der Waals surface area contributed by atoms with Crippen LogP contribution in [-0.4, -0.2) is 40.5 Å². The average Bonchev–Trinajstić information content (AvgIpc) is 2.37. The molecule has 3 N–H and O–H groups in total. The Kier molecular flexibility index (Phi) is 6.54. The van der Waals surface area contributed by atoms with Gasteiger partial charge in [-0.3, -0.25) is 0 Å². The summed E-state index contributed by atoms with van der Waals surface area (Å²) in [5.74, 6) is -0.594. The van der Waals surface area contributed by atoms with Crippen molar-refractivity contribution in [2.45, 2.75) is 24.3 Å². The van der Waals surface area contributed by atoms with Gasteiger partial charge in [-0.25, -0.2) is 17.5 Å². The van der Waals surface area contributed by atoms with Gasteiger partial charge in [-0.15, -0.1) is 0 Å². The number of hydrogen-bond acceptors (Lipinski definition) is 4. The Balaban J connectivity index is 2.68. The number of halogens is 1. The molecular formula is C13H22FN3O2S. The molecule has 1 rings (SSSR count). The lowest BCUT2D eigenvalue weighted by Crippen LogP contribution is -2.27. The lowest BCUT2D eigenvalue weighted by atomic mass is 10.2. The van der Waals surface area contributed by atoms with Gasteiger partial charge in [0.1, 0.15) is 5.82 Å². The van der Waals surface area contributed by atoms with Crippen molar-refractivity contribution in [3.8, 4) is 0 Å². The van der Waals surface area contributed by atoms with E-state index in [1.807, 2.05) is 19.0 Å². The van der Waals surface area contributed by atoms with Crippen molar-refractivity contribution in [1.82, 2.24) is 9.62 Å². The van der Waals surface area contributed by atoms with Crippen molar-refractivity contribution in [1.29, 1.82) is 0 Å². The minimum absolute atomic E-state index is 0.0216. The van der Waals surface area contributed by atoms with Crippen LogP contribution in [0.4, 0.5) is 4.39 Å². The molecule has 0 saturated heterocycles. The van der Waals surface area contributed by atoms with Crippen LogP contribution in [0.25, 0.3) is 0 Å². The van der Waals surface area contributed by atoms with E-state index in [1.165, 1.54) is 18.2 Å². The van der Waals surface area contributed by atoms with Crippen LogP contribution >= 0.6 is 0 Å². The van der Waals surface area contributed by atoms with Crippen molar-refractivity contribution >= 4 is 10.0 Å². The Morgan fingerprint density at radius 1 is 1.30 bits per heavy atom. The summed E-state index contributed by atoms with van der Waals surface area (Å²) in [5.41, 5.74) is 5.44. The van der Waals surface area contributed by atoms with E-state index in [1.54, 1.807) is 0 Å². The van der Waals surface area contributed by atoms with E-state index >= 15 is 0 Å². The summed E-state index contributed by atoms with van der Waals surface area (Å²) in [6.45, 7) is 1.08. The molecule has 0 amide bonds. The maximum absolute atomic E-state index is 13.5. The highest BCUT2D eigenvalue weighted by molar-refractivity contribution is 7.89. The Labute approximate surface area is 120 Å². The summed E-state index contributed by atoms with van der Waals surface area (Å²) in [6, 6.07) is 3.95. The van der Waals surface area contributed by atoms with Crippen molar-refractivity contribution < 1.29 is 12.8 Å². The number of nitrogens with zero attached hydrogens (tertiary/aromatic N) is 1. The highest BCUT2D eigenvalue weighted by atomic mass is 32.2. The molecule has 20 heavy (non-hydrogen) atoms. The van der Waals surface area contributed by atoms with Crippen LogP contribution < -0.4 is 10.5 Å². The van der Waals surface area contributed by atoms with Crippen LogP contribution in [0.3, 0.4) is 0 Å². The normalized spacial score (nSPS) is 12.1. The molecule has 0 fully saturated rings. The highest BCUT2D eigenvalue weighted by Gasteiger charge is 2.19. The number of rotatable bonds is 8. The third-order valence-corrected chi connectivity index (χ3v) is 4.44. The molecule has 0 aliphatic heterocycles. The van der Waals surface area contributed by atoms with Crippen molar-refractivity contribution in [2.75, 3.05) is 27.2 Å². The highest BCUT2D eigenvalue weighted by Crippen LogP contribution is 2.18. The average molecular weight is 303 g/mol. The molecule has 1 aromatic carbocycles. The molecule has 0 aliphatic carbocycles. The van der Waals surface area contributed by atoms with Crippen molar-refractivity contribution in [3.63, 3.8) is 0 Å². The zero-order valence-electron chi connectivity index (χ0n) is 11.9. The molecule has 0 radical (unpaired) electrons. The number of unbranched alkanes of at least 4 members (excludes halogenated alkanes) is 1. The summed E-state index contributed by atoms with van der Waals surface area (Å²) in [4.78, 5) is 1.96. The zero-order chi connectivity index (χ0) is 15.2.